The summed E-state index contributed by atoms with van der Waals surface area (Å²) in [7, 11) is 0. The quantitative estimate of drug-likeness (QED) is 0.786. The molecule has 2 aromatic heterocycles. The Morgan fingerprint density at radius 2 is 1.75 bits per heavy atom. The van der Waals surface area contributed by atoms with Crippen molar-refractivity contribution in [3.63, 3.8) is 0 Å². The van der Waals surface area contributed by atoms with Crippen molar-refractivity contribution in [3.8, 4) is 11.1 Å². The summed E-state index contributed by atoms with van der Waals surface area (Å²) in [6, 6.07) is 7.76. The van der Waals surface area contributed by atoms with Crippen LogP contribution in [0, 0.1) is 0 Å². The van der Waals surface area contributed by atoms with Crippen LogP contribution in [0.1, 0.15) is 16.1 Å². The van der Waals surface area contributed by atoms with E-state index in [-0.39, 0.29) is 11.7 Å². The van der Waals surface area contributed by atoms with Gasteiger partial charge in [-0.2, -0.15) is 13.2 Å². The number of hydrogen-bond acceptors (Lipinski definition) is 4. The summed E-state index contributed by atoms with van der Waals surface area (Å²) < 4.78 is 42.7. The van der Waals surface area contributed by atoms with Gasteiger partial charge in [0, 0.05) is 6.20 Å². The van der Waals surface area contributed by atoms with Gasteiger partial charge in [-0.15, -0.1) is 0 Å². The van der Waals surface area contributed by atoms with Gasteiger partial charge in [0.25, 0.3) is 5.91 Å². The molecule has 0 bridgehead atoms. The summed E-state index contributed by atoms with van der Waals surface area (Å²) in [4.78, 5) is 19.8. The number of carbonyl (C=O) groups excluding carboxylic acids is 1. The van der Waals surface area contributed by atoms with Crippen LogP contribution in [-0.4, -0.2) is 15.9 Å². The smallest absolute Gasteiger partial charge is 0.416 e. The Morgan fingerprint density at radius 1 is 1.00 bits per heavy atom. The number of aromatic nitrogens is 2. The van der Waals surface area contributed by atoms with Gasteiger partial charge in [-0.3, -0.25) is 15.1 Å². The summed E-state index contributed by atoms with van der Waals surface area (Å²) in [6.07, 6.45) is -0.307. The highest BCUT2D eigenvalue weighted by molar-refractivity contribution is 6.02. The van der Waals surface area contributed by atoms with E-state index in [4.69, 9.17) is 4.42 Å². The van der Waals surface area contributed by atoms with Crippen LogP contribution in [0.3, 0.4) is 0 Å². The first-order valence-corrected chi connectivity index (χ1v) is 6.78. The number of alkyl halides is 3. The van der Waals surface area contributed by atoms with Crippen molar-refractivity contribution in [1.82, 2.24) is 9.97 Å². The lowest BCUT2D eigenvalue weighted by Crippen LogP contribution is -2.13. The third-order valence-corrected chi connectivity index (χ3v) is 3.19. The fraction of sp³-hybridized carbons (Fsp3) is 0.0625. The van der Waals surface area contributed by atoms with Gasteiger partial charge in [-0.05, 0) is 35.4 Å². The van der Waals surface area contributed by atoms with E-state index in [1.165, 1.54) is 36.9 Å². The van der Waals surface area contributed by atoms with Gasteiger partial charge in [-0.1, -0.05) is 12.1 Å². The average molecular weight is 333 g/mol. The molecule has 5 nitrogen and oxygen atoms in total. The molecule has 122 valence electrons. The fourth-order valence-corrected chi connectivity index (χ4v) is 2.03. The van der Waals surface area contributed by atoms with Crippen LogP contribution in [0.15, 0.2) is 59.5 Å². The summed E-state index contributed by atoms with van der Waals surface area (Å²) >= 11 is 0. The van der Waals surface area contributed by atoms with Crippen LogP contribution in [0.2, 0.25) is 0 Å². The Bertz CT molecular complexity index is 844. The number of hydrogen-bond donors (Lipinski definition) is 1. The van der Waals surface area contributed by atoms with Gasteiger partial charge in [0.2, 0.25) is 0 Å². The molecule has 0 unspecified atom stereocenters. The monoisotopic (exact) mass is 333 g/mol. The maximum absolute atomic E-state index is 12.6. The van der Waals surface area contributed by atoms with E-state index in [1.54, 1.807) is 6.07 Å². The van der Waals surface area contributed by atoms with E-state index < -0.39 is 17.6 Å². The molecule has 0 spiro atoms. The van der Waals surface area contributed by atoms with Crippen LogP contribution in [0.25, 0.3) is 11.1 Å². The number of pyridine rings is 1. The molecule has 3 aromatic rings. The lowest BCUT2D eigenvalue weighted by atomic mass is 10.0. The first-order valence-electron chi connectivity index (χ1n) is 6.78. The lowest BCUT2D eigenvalue weighted by Gasteiger charge is -2.08. The number of anilines is 1. The van der Waals surface area contributed by atoms with Crippen LogP contribution < -0.4 is 5.32 Å². The zero-order valence-electron chi connectivity index (χ0n) is 12.0. The predicted octanol–water partition coefficient (Wildman–Crippen LogP) is 4.01. The third kappa shape index (κ3) is 3.43. The zero-order valence-corrected chi connectivity index (χ0v) is 12.0. The number of oxazole rings is 1. The van der Waals surface area contributed by atoms with Crippen LogP contribution in [0.4, 0.5) is 19.2 Å². The van der Waals surface area contributed by atoms with Crippen molar-refractivity contribution in [3.05, 3.63) is 66.3 Å². The van der Waals surface area contributed by atoms with Crippen molar-refractivity contribution in [2.24, 2.45) is 0 Å². The molecular formula is C16H10F3N3O2. The second kappa shape index (κ2) is 6.15. The highest BCUT2D eigenvalue weighted by Crippen LogP contribution is 2.31. The molecule has 0 atom stereocenters. The Hall–Kier alpha value is -3.16. The zero-order chi connectivity index (χ0) is 17.2. The largest absolute Gasteiger partial charge is 0.432 e. The molecule has 3 rings (SSSR count). The highest BCUT2D eigenvalue weighted by Gasteiger charge is 2.29. The molecule has 1 aromatic carbocycles. The van der Waals surface area contributed by atoms with Crippen LogP contribution >= 0.6 is 0 Å². The molecule has 8 heteroatoms. The van der Waals surface area contributed by atoms with E-state index in [2.05, 4.69) is 15.3 Å². The van der Waals surface area contributed by atoms with Gasteiger partial charge < -0.3 is 4.42 Å². The number of nitrogens with zero attached hydrogens (tertiary/aromatic N) is 2. The number of amides is 1. The molecule has 1 amide bonds. The molecule has 1 N–H and O–H groups in total. The fourth-order valence-electron chi connectivity index (χ4n) is 2.03. The van der Waals surface area contributed by atoms with E-state index >= 15 is 0 Å². The average Bonchev–Trinajstić information content (AvgIpc) is 3.07. The Balaban J connectivity index is 1.83. The molecule has 0 aliphatic carbocycles. The van der Waals surface area contributed by atoms with E-state index in [9.17, 15) is 18.0 Å². The van der Waals surface area contributed by atoms with E-state index in [1.807, 2.05) is 0 Å². The molecule has 0 fully saturated rings. The minimum Gasteiger partial charge on any atom is -0.432 e. The number of benzene rings is 1. The van der Waals surface area contributed by atoms with Crippen molar-refractivity contribution in [2.45, 2.75) is 6.18 Å². The number of nitrogens with one attached hydrogen (secondary N) is 1. The SMILES string of the molecule is O=C(Nc1ncco1)c1cc(-c2ccc(C(F)(F)F)cc2)ccn1. The second-order valence-electron chi connectivity index (χ2n) is 4.80. The van der Waals surface area contributed by atoms with Gasteiger partial charge >= 0.3 is 12.2 Å². The van der Waals surface area contributed by atoms with Gasteiger partial charge in [0.15, 0.2) is 0 Å². The Morgan fingerprint density at radius 3 is 2.38 bits per heavy atom. The minimum absolute atomic E-state index is 0.0294. The predicted molar refractivity (Wildman–Crippen MR) is 79.1 cm³/mol. The first-order chi connectivity index (χ1) is 11.4. The summed E-state index contributed by atoms with van der Waals surface area (Å²) in [5, 5.41) is 2.42. The maximum atomic E-state index is 12.6. The van der Waals surface area contributed by atoms with Crippen molar-refractivity contribution >= 4 is 11.9 Å². The standard InChI is InChI=1S/C16H10F3N3O2/c17-16(18,19)12-3-1-10(2-4-12)11-5-6-20-13(9-11)14(23)22-15-21-7-8-24-15/h1-9H,(H,21,22,23). The molecule has 0 saturated heterocycles. The Labute approximate surface area is 134 Å². The summed E-state index contributed by atoms with van der Waals surface area (Å²) in [6.45, 7) is 0. The second-order valence-corrected chi connectivity index (χ2v) is 4.80. The molecule has 0 aliphatic heterocycles. The normalized spacial score (nSPS) is 11.3. The third-order valence-electron chi connectivity index (χ3n) is 3.19. The number of carbonyl (C=O) groups is 1. The van der Waals surface area contributed by atoms with Crippen molar-refractivity contribution in [2.75, 3.05) is 5.32 Å². The topological polar surface area (TPSA) is 68.0 Å². The molecular weight excluding hydrogens is 323 g/mol. The van der Waals surface area contributed by atoms with Crippen molar-refractivity contribution < 1.29 is 22.4 Å². The first kappa shape index (κ1) is 15.7. The van der Waals surface area contributed by atoms with Crippen LogP contribution in [-0.2, 0) is 6.18 Å². The molecule has 0 aliphatic rings. The number of rotatable bonds is 3. The molecule has 2 heterocycles. The Kier molecular flexibility index (Phi) is 4.03. The van der Waals surface area contributed by atoms with Gasteiger partial charge in [-0.25, -0.2) is 4.98 Å². The van der Waals surface area contributed by atoms with E-state index in [0.717, 1.165) is 12.1 Å². The van der Waals surface area contributed by atoms with E-state index in [0.29, 0.717) is 11.1 Å². The number of halogens is 3. The van der Waals surface area contributed by atoms with Crippen molar-refractivity contribution in [1.29, 1.82) is 0 Å². The highest BCUT2D eigenvalue weighted by atomic mass is 19.4. The molecule has 0 saturated carbocycles. The van der Waals surface area contributed by atoms with Gasteiger partial charge in [0.1, 0.15) is 12.0 Å². The van der Waals surface area contributed by atoms with Gasteiger partial charge in [0.05, 0.1) is 11.8 Å². The maximum Gasteiger partial charge on any atom is 0.416 e. The summed E-state index contributed by atoms with van der Waals surface area (Å²) in [5.74, 6) is -0.536. The molecule has 24 heavy (non-hydrogen) atoms. The van der Waals surface area contributed by atoms with Crippen LogP contribution in [0.5, 0.6) is 0 Å². The summed E-state index contributed by atoms with van der Waals surface area (Å²) in [5.41, 5.74) is 0.458. The minimum atomic E-state index is -4.39. The molecule has 0 radical (unpaired) electrons. The lowest BCUT2D eigenvalue weighted by molar-refractivity contribution is -0.137.